The molecule has 3 rings (SSSR count). The summed E-state index contributed by atoms with van der Waals surface area (Å²) < 4.78 is 26.9. The van der Waals surface area contributed by atoms with Crippen molar-refractivity contribution in [3.63, 3.8) is 0 Å². The lowest BCUT2D eigenvalue weighted by molar-refractivity contribution is 0.0195. The van der Waals surface area contributed by atoms with Gasteiger partial charge >= 0.3 is 0 Å². The first kappa shape index (κ1) is 14.6. The van der Waals surface area contributed by atoms with Gasteiger partial charge in [-0.2, -0.15) is 9.57 Å². The SMILES string of the molecule is CC1(C)CN(S(=O)(=O)CC2(C#N)CC2)C1c1ccccc1. The fourth-order valence-electron chi connectivity index (χ4n) is 3.24. The van der Waals surface area contributed by atoms with Crippen LogP contribution < -0.4 is 0 Å². The summed E-state index contributed by atoms with van der Waals surface area (Å²) in [5, 5.41) is 9.15. The van der Waals surface area contributed by atoms with E-state index < -0.39 is 15.4 Å². The first-order valence-corrected chi connectivity index (χ1v) is 8.86. The summed E-state index contributed by atoms with van der Waals surface area (Å²) in [5.41, 5.74) is 0.330. The molecule has 21 heavy (non-hydrogen) atoms. The fraction of sp³-hybridized carbons (Fsp3) is 0.562. The van der Waals surface area contributed by atoms with Crippen molar-refractivity contribution in [1.29, 1.82) is 5.26 Å². The predicted molar refractivity (Wildman–Crippen MR) is 80.7 cm³/mol. The molecule has 0 aromatic heterocycles. The molecule has 2 aliphatic rings. The molecule has 1 atom stereocenters. The minimum absolute atomic E-state index is 0.0318. The summed E-state index contributed by atoms with van der Waals surface area (Å²) in [6.45, 7) is 4.71. The average Bonchev–Trinajstić information content (AvgIpc) is 3.17. The van der Waals surface area contributed by atoms with Gasteiger partial charge in [0.2, 0.25) is 10.0 Å². The summed E-state index contributed by atoms with van der Waals surface area (Å²) in [7, 11) is -3.39. The molecule has 0 radical (unpaired) electrons. The smallest absolute Gasteiger partial charge is 0.212 e. The molecule has 2 fully saturated rings. The standard InChI is InChI=1S/C16H20N2O2S/c1-15(2)11-18(14(15)13-6-4-3-5-7-13)21(19,20)12-16(10-17)8-9-16/h3-7,14H,8-9,11-12H2,1-2H3. The van der Waals surface area contributed by atoms with Crippen molar-refractivity contribution >= 4 is 10.0 Å². The van der Waals surface area contributed by atoms with Crippen LogP contribution in [-0.4, -0.2) is 25.0 Å². The van der Waals surface area contributed by atoms with Gasteiger partial charge < -0.3 is 0 Å². The van der Waals surface area contributed by atoms with Crippen molar-refractivity contribution in [3.05, 3.63) is 35.9 Å². The minimum Gasteiger partial charge on any atom is -0.212 e. The Morgan fingerprint density at radius 3 is 2.38 bits per heavy atom. The van der Waals surface area contributed by atoms with E-state index in [-0.39, 0.29) is 17.2 Å². The van der Waals surface area contributed by atoms with Crippen molar-refractivity contribution in [2.75, 3.05) is 12.3 Å². The maximum atomic E-state index is 12.7. The number of rotatable bonds is 4. The van der Waals surface area contributed by atoms with Gasteiger partial charge in [0.25, 0.3) is 0 Å². The molecule has 1 saturated carbocycles. The van der Waals surface area contributed by atoms with E-state index in [1.165, 1.54) is 0 Å². The van der Waals surface area contributed by atoms with Crippen LogP contribution in [0.3, 0.4) is 0 Å². The van der Waals surface area contributed by atoms with Crippen molar-refractivity contribution in [1.82, 2.24) is 4.31 Å². The maximum Gasteiger partial charge on any atom is 0.216 e. The van der Waals surface area contributed by atoms with E-state index >= 15 is 0 Å². The highest BCUT2D eigenvalue weighted by molar-refractivity contribution is 7.89. The molecular formula is C16H20N2O2S. The van der Waals surface area contributed by atoms with Crippen LogP contribution in [0.15, 0.2) is 30.3 Å². The Kier molecular flexibility index (Phi) is 3.16. The second kappa shape index (κ2) is 4.56. The number of nitriles is 1. The molecule has 1 saturated heterocycles. The second-order valence-corrected chi connectivity index (χ2v) is 8.92. The molecular weight excluding hydrogens is 284 g/mol. The number of nitrogens with zero attached hydrogens (tertiary/aromatic N) is 2. The van der Waals surface area contributed by atoms with E-state index in [4.69, 9.17) is 5.26 Å². The van der Waals surface area contributed by atoms with Gasteiger partial charge in [-0.15, -0.1) is 0 Å². The van der Waals surface area contributed by atoms with Crippen molar-refractivity contribution in [2.24, 2.45) is 10.8 Å². The predicted octanol–water partition coefficient (Wildman–Crippen LogP) is 2.70. The third kappa shape index (κ3) is 2.47. The van der Waals surface area contributed by atoms with E-state index in [1.807, 2.05) is 30.3 Å². The summed E-state index contributed by atoms with van der Waals surface area (Å²) in [5.74, 6) is -0.0318. The lowest BCUT2D eigenvalue weighted by Gasteiger charge is -2.53. The zero-order chi connectivity index (χ0) is 15.3. The number of benzene rings is 1. The van der Waals surface area contributed by atoms with E-state index in [0.717, 1.165) is 5.56 Å². The Morgan fingerprint density at radius 2 is 1.90 bits per heavy atom. The Morgan fingerprint density at radius 1 is 1.29 bits per heavy atom. The summed E-state index contributed by atoms with van der Waals surface area (Å²) in [4.78, 5) is 0. The van der Waals surface area contributed by atoms with E-state index in [9.17, 15) is 8.42 Å². The highest BCUT2D eigenvalue weighted by Crippen LogP contribution is 2.53. The zero-order valence-corrected chi connectivity index (χ0v) is 13.2. The summed E-state index contributed by atoms with van der Waals surface area (Å²) in [6.07, 6.45) is 1.41. The lowest BCUT2D eigenvalue weighted by atomic mass is 9.74. The minimum atomic E-state index is -3.39. The average molecular weight is 304 g/mol. The van der Waals surface area contributed by atoms with Crippen LogP contribution in [0.25, 0.3) is 0 Å². The number of hydrogen-bond acceptors (Lipinski definition) is 3. The molecule has 1 unspecified atom stereocenters. The van der Waals surface area contributed by atoms with E-state index in [1.54, 1.807) is 4.31 Å². The fourth-order valence-corrected chi connectivity index (χ4v) is 5.71. The summed E-state index contributed by atoms with van der Waals surface area (Å²) in [6, 6.07) is 11.8. The second-order valence-electron chi connectivity index (χ2n) is 7.00. The van der Waals surface area contributed by atoms with Crippen molar-refractivity contribution < 1.29 is 8.42 Å². The molecule has 1 aliphatic carbocycles. The summed E-state index contributed by atoms with van der Waals surface area (Å²) >= 11 is 0. The molecule has 1 aromatic carbocycles. The van der Waals surface area contributed by atoms with Crippen LogP contribution in [-0.2, 0) is 10.0 Å². The van der Waals surface area contributed by atoms with E-state index in [0.29, 0.717) is 19.4 Å². The third-order valence-electron chi connectivity index (χ3n) is 4.61. The topological polar surface area (TPSA) is 61.2 Å². The monoisotopic (exact) mass is 304 g/mol. The molecule has 0 bridgehead atoms. The van der Waals surface area contributed by atoms with Gasteiger partial charge in [0, 0.05) is 6.54 Å². The van der Waals surface area contributed by atoms with Crippen LogP contribution >= 0.6 is 0 Å². The first-order valence-electron chi connectivity index (χ1n) is 7.25. The van der Waals surface area contributed by atoms with Gasteiger partial charge in [0.05, 0.1) is 23.3 Å². The van der Waals surface area contributed by atoms with E-state index in [2.05, 4.69) is 19.9 Å². The lowest BCUT2D eigenvalue weighted by Crippen LogP contribution is -2.58. The highest BCUT2D eigenvalue weighted by atomic mass is 32.2. The number of hydrogen-bond donors (Lipinski definition) is 0. The van der Waals surface area contributed by atoms with Crippen LogP contribution in [0, 0.1) is 22.2 Å². The molecule has 4 nitrogen and oxygen atoms in total. The maximum absolute atomic E-state index is 12.7. The zero-order valence-electron chi connectivity index (χ0n) is 12.4. The molecule has 1 aromatic rings. The molecule has 112 valence electrons. The Hall–Kier alpha value is -1.38. The van der Waals surface area contributed by atoms with Gasteiger partial charge in [-0.05, 0) is 23.8 Å². The van der Waals surface area contributed by atoms with Crippen molar-refractivity contribution in [3.8, 4) is 6.07 Å². The molecule has 5 heteroatoms. The highest BCUT2D eigenvalue weighted by Gasteiger charge is 2.55. The van der Waals surface area contributed by atoms with Gasteiger partial charge in [0.15, 0.2) is 0 Å². The normalized spacial score (nSPS) is 26.6. The van der Waals surface area contributed by atoms with Gasteiger partial charge in [-0.1, -0.05) is 44.2 Å². The molecule has 0 spiro atoms. The largest absolute Gasteiger partial charge is 0.216 e. The molecule has 0 N–H and O–H groups in total. The Labute approximate surface area is 126 Å². The first-order chi connectivity index (χ1) is 9.80. The third-order valence-corrected chi connectivity index (χ3v) is 6.59. The van der Waals surface area contributed by atoms with Gasteiger partial charge in [-0.25, -0.2) is 8.42 Å². The van der Waals surface area contributed by atoms with Gasteiger partial charge in [-0.3, -0.25) is 0 Å². The van der Waals surface area contributed by atoms with Crippen LogP contribution in [0.4, 0.5) is 0 Å². The van der Waals surface area contributed by atoms with Crippen LogP contribution in [0.5, 0.6) is 0 Å². The van der Waals surface area contributed by atoms with Crippen molar-refractivity contribution in [2.45, 2.75) is 32.7 Å². The quantitative estimate of drug-likeness (QED) is 0.859. The van der Waals surface area contributed by atoms with Crippen LogP contribution in [0.2, 0.25) is 0 Å². The molecule has 0 amide bonds. The Bertz CT molecular complexity index is 685. The van der Waals surface area contributed by atoms with Crippen LogP contribution in [0.1, 0.15) is 38.3 Å². The van der Waals surface area contributed by atoms with Gasteiger partial charge in [0.1, 0.15) is 0 Å². The molecule has 1 heterocycles. The number of sulfonamides is 1. The Balaban J connectivity index is 1.87. The molecule has 1 aliphatic heterocycles.